The summed E-state index contributed by atoms with van der Waals surface area (Å²) < 4.78 is 10.6. The van der Waals surface area contributed by atoms with Gasteiger partial charge in [-0.1, -0.05) is 18.3 Å². The number of morpholine rings is 1. The van der Waals surface area contributed by atoms with Crippen LogP contribution in [-0.4, -0.2) is 41.3 Å². The molecule has 0 aliphatic carbocycles. The number of phenols is 1. The number of fused-ring (bicyclic) bond motifs is 1. The predicted octanol–water partition coefficient (Wildman–Crippen LogP) is 2.34. The summed E-state index contributed by atoms with van der Waals surface area (Å²) in [5.41, 5.74) is 1.53. The molecule has 1 fully saturated rings. The lowest BCUT2D eigenvalue weighted by molar-refractivity contribution is 0.0684. The van der Waals surface area contributed by atoms with E-state index < -0.39 is 0 Å². The van der Waals surface area contributed by atoms with E-state index >= 15 is 0 Å². The quantitative estimate of drug-likeness (QED) is 0.854. The number of nitrogens with zero attached hydrogens (tertiary/aromatic N) is 1. The molecule has 19 heavy (non-hydrogen) atoms. The number of ether oxygens (including phenoxy) is 1. The average Bonchev–Trinajstić information content (AvgIpc) is 2.92. The first kappa shape index (κ1) is 12.4. The minimum Gasteiger partial charge on any atom is -0.507 e. The molecule has 0 saturated carbocycles. The molecule has 4 nitrogen and oxygen atoms in total. The molecule has 1 aromatic heterocycles. The number of rotatable bonds is 2. The lowest BCUT2D eigenvalue weighted by Crippen LogP contribution is -2.40. The van der Waals surface area contributed by atoms with Gasteiger partial charge in [0.05, 0.1) is 29.9 Å². The molecule has 3 rings (SSSR count). The molecular formula is C14H15NO3S. The summed E-state index contributed by atoms with van der Waals surface area (Å²) in [6.45, 7) is 3.08. The van der Waals surface area contributed by atoms with Crippen LogP contribution in [0.25, 0.3) is 11.0 Å². The highest BCUT2D eigenvalue weighted by atomic mass is 32.1. The van der Waals surface area contributed by atoms with Gasteiger partial charge in [-0.25, -0.2) is 0 Å². The van der Waals surface area contributed by atoms with Crippen LogP contribution in [-0.2, 0) is 11.2 Å². The Kier molecular flexibility index (Phi) is 3.40. The van der Waals surface area contributed by atoms with Crippen LogP contribution in [0.4, 0.5) is 0 Å². The number of benzene rings is 1. The molecule has 2 heterocycles. The van der Waals surface area contributed by atoms with Gasteiger partial charge >= 0.3 is 0 Å². The molecule has 100 valence electrons. The Labute approximate surface area is 116 Å². The Morgan fingerprint density at radius 1 is 1.26 bits per heavy atom. The highest BCUT2D eigenvalue weighted by molar-refractivity contribution is 7.80. The normalized spacial score (nSPS) is 15.9. The van der Waals surface area contributed by atoms with Crippen molar-refractivity contribution in [3.8, 4) is 5.75 Å². The Morgan fingerprint density at radius 3 is 2.84 bits per heavy atom. The first-order valence-corrected chi connectivity index (χ1v) is 6.70. The van der Waals surface area contributed by atoms with Crippen LogP contribution in [0.3, 0.4) is 0 Å². The minimum absolute atomic E-state index is 0.266. The number of thiocarbonyl (C=S) groups is 1. The summed E-state index contributed by atoms with van der Waals surface area (Å²) >= 11 is 5.45. The fourth-order valence-electron chi connectivity index (χ4n) is 2.30. The second kappa shape index (κ2) is 5.19. The van der Waals surface area contributed by atoms with Crippen LogP contribution in [0.5, 0.6) is 5.75 Å². The minimum atomic E-state index is 0.266. The van der Waals surface area contributed by atoms with Gasteiger partial charge in [-0.15, -0.1) is 0 Å². The van der Waals surface area contributed by atoms with Gasteiger partial charge in [0.15, 0.2) is 0 Å². The molecule has 0 spiro atoms. The number of furan rings is 1. The van der Waals surface area contributed by atoms with Gasteiger partial charge in [-0.3, -0.25) is 0 Å². The number of aromatic hydroxyl groups is 1. The van der Waals surface area contributed by atoms with E-state index in [9.17, 15) is 5.11 Å². The lowest BCUT2D eigenvalue weighted by atomic mass is 10.1. The molecule has 0 radical (unpaired) electrons. The third kappa shape index (κ3) is 2.43. The van der Waals surface area contributed by atoms with E-state index in [2.05, 4.69) is 4.90 Å². The van der Waals surface area contributed by atoms with Crippen LogP contribution in [0.1, 0.15) is 5.56 Å². The lowest BCUT2D eigenvalue weighted by Gasteiger charge is -2.29. The van der Waals surface area contributed by atoms with Crippen LogP contribution in [0.2, 0.25) is 0 Å². The van der Waals surface area contributed by atoms with Crippen molar-refractivity contribution >= 4 is 28.2 Å². The third-order valence-electron chi connectivity index (χ3n) is 3.40. The van der Waals surface area contributed by atoms with Crippen molar-refractivity contribution in [1.29, 1.82) is 0 Å². The molecule has 1 N–H and O–H groups in total. The molecule has 0 unspecified atom stereocenters. The maximum Gasteiger partial charge on any atom is 0.137 e. The molecule has 1 aliphatic heterocycles. The van der Waals surface area contributed by atoms with E-state index in [0.717, 1.165) is 29.0 Å². The molecule has 0 atom stereocenters. The van der Waals surface area contributed by atoms with Crippen molar-refractivity contribution in [3.63, 3.8) is 0 Å². The third-order valence-corrected chi connectivity index (χ3v) is 3.80. The van der Waals surface area contributed by atoms with Crippen LogP contribution < -0.4 is 0 Å². The number of hydrogen-bond acceptors (Lipinski definition) is 4. The van der Waals surface area contributed by atoms with Gasteiger partial charge in [0.1, 0.15) is 11.3 Å². The summed E-state index contributed by atoms with van der Waals surface area (Å²) in [5.74, 6) is 0.266. The first-order valence-electron chi connectivity index (χ1n) is 6.29. The van der Waals surface area contributed by atoms with Crippen LogP contribution in [0, 0.1) is 0 Å². The van der Waals surface area contributed by atoms with E-state index in [1.165, 1.54) is 0 Å². The standard InChI is InChI=1S/C14H15NO3S/c16-14-10(1-2-12-11(14)3-6-18-12)9-13(19)15-4-7-17-8-5-15/h1-3,6,16H,4-5,7-9H2. The Morgan fingerprint density at radius 2 is 2.05 bits per heavy atom. The molecule has 1 aliphatic rings. The average molecular weight is 277 g/mol. The second-order valence-electron chi connectivity index (χ2n) is 4.58. The largest absolute Gasteiger partial charge is 0.507 e. The number of phenolic OH excluding ortho intramolecular Hbond substituents is 1. The molecule has 1 aromatic carbocycles. The summed E-state index contributed by atoms with van der Waals surface area (Å²) in [6, 6.07) is 5.51. The zero-order chi connectivity index (χ0) is 13.2. The second-order valence-corrected chi connectivity index (χ2v) is 5.05. The van der Waals surface area contributed by atoms with Gasteiger partial charge < -0.3 is 19.2 Å². The van der Waals surface area contributed by atoms with Crippen LogP contribution in [0.15, 0.2) is 28.9 Å². The fourth-order valence-corrected chi connectivity index (χ4v) is 2.64. The zero-order valence-electron chi connectivity index (χ0n) is 10.5. The van der Waals surface area contributed by atoms with Gasteiger partial charge in [-0.05, 0) is 12.1 Å². The summed E-state index contributed by atoms with van der Waals surface area (Å²) in [4.78, 5) is 2.99. The molecule has 2 aromatic rings. The maximum atomic E-state index is 10.2. The SMILES string of the molecule is Oc1c(CC(=S)N2CCOCC2)ccc2occc12. The van der Waals surface area contributed by atoms with E-state index in [1.807, 2.05) is 12.1 Å². The van der Waals surface area contributed by atoms with E-state index in [-0.39, 0.29) is 5.75 Å². The highest BCUT2D eigenvalue weighted by Gasteiger charge is 2.16. The first-order chi connectivity index (χ1) is 9.25. The molecule has 1 saturated heterocycles. The molecule has 0 amide bonds. The van der Waals surface area contributed by atoms with Gasteiger partial charge in [-0.2, -0.15) is 0 Å². The van der Waals surface area contributed by atoms with Crippen molar-refractivity contribution in [1.82, 2.24) is 4.90 Å². The molecular weight excluding hydrogens is 262 g/mol. The Hall–Kier alpha value is -1.59. The zero-order valence-corrected chi connectivity index (χ0v) is 11.3. The van der Waals surface area contributed by atoms with Crippen LogP contribution >= 0.6 is 12.2 Å². The van der Waals surface area contributed by atoms with E-state index in [1.54, 1.807) is 12.3 Å². The fraction of sp³-hybridized carbons (Fsp3) is 0.357. The summed E-state index contributed by atoms with van der Waals surface area (Å²) in [7, 11) is 0. The molecule has 0 bridgehead atoms. The highest BCUT2D eigenvalue weighted by Crippen LogP contribution is 2.30. The van der Waals surface area contributed by atoms with Crippen molar-refractivity contribution in [2.24, 2.45) is 0 Å². The van der Waals surface area contributed by atoms with Gasteiger partial charge in [0.2, 0.25) is 0 Å². The smallest absolute Gasteiger partial charge is 0.137 e. The van der Waals surface area contributed by atoms with Crippen molar-refractivity contribution in [3.05, 3.63) is 30.0 Å². The maximum absolute atomic E-state index is 10.2. The monoisotopic (exact) mass is 277 g/mol. The topological polar surface area (TPSA) is 45.8 Å². The predicted molar refractivity (Wildman–Crippen MR) is 76.6 cm³/mol. The van der Waals surface area contributed by atoms with E-state index in [4.69, 9.17) is 21.4 Å². The molecule has 5 heteroatoms. The number of hydrogen-bond donors (Lipinski definition) is 1. The van der Waals surface area contributed by atoms with Crippen molar-refractivity contribution < 1.29 is 14.3 Å². The van der Waals surface area contributed by atoms with Crippen molar-refractivity contribution in [2.75, 3.05) is 26.3 Å². The summed E-state index contributed by atoms with van der Waals surface area (Å²) in [6.07, 6.45) is 2.15. The Balaban J connectivity index is 1.80. The van der Waals surface area contributed by atoms with E-state index in [0.29, 0.717) is 25.2 Å². The van der Waals surface area contributed by atoms with Gasteiger partial charge in [0, 0.05) is 25.1 Å². The summed E-state index contributed by atoms with van der Waals surface area (Å²) in [5, 5.41) is 11.0. The van der Waals surface area contributed by atoms with Gasteiger partial charge in [0.25, 0.3) is 0 Å². The Bertz CT molecular complexity index is 602. The van der Waals surface area contributed by atoms with Crippen molar-refractivity contribution in [2.45, 2.75) is 6.42 Å².